The molecule has 33 heavy (non-hydrogen) atoms. The molecule has 178 valence electrons. The van der Waals surface area contributed by atoms with Gasteiger partial charge in [0.2, 0.25) is 5.76 Å². The summed E-state index contributed by atoms with van der Waals surface area (Å²) in [6.07, 6.45) is 8.06. The van der Waals surface area contributed by atoms with Gasteiger partial charge in [-0.25, -0.2) is 9.59 Å². The van der Waals surface area contributed by atoms with Gasteiger partial charge < -0.3 is 15.2 Å². The highest BCUT2D eigenvalue weighted by atomic mass is 16.5. The lowest BCUT2D eigenvalue weighted by Gasteiger charge is -2.19. The summed E-state index contributed by atoms with van der Waals surface area (Å²) < 4.78 is 5.31. The van der Waals surface area contributed by atoms with E-state index in [0.29, 0.717) is 13.2 Å². The number of carbonyl (C=O) groups is 2. The summed E-state index contributed by atoms with van der Waals surface area (Å²) in [7, 11) is 1.77. The van der Waals surface area contributed by atoms with E-state index in [2.05, 4.69) is 12.2 Å². The van der Waals surface area contributed by atoms with Gasteiger partial charge in [0.15, 0.2) is 0 Å². The third-order valence-electron chi connectivity index (χ3n) is 5.31. The number of carboxylic acid groups (broad SMARTS) is 1. The van der Waals surface area contributed by atoms with Crippen LogP contribution in [0, 0.1) is 0 Å². The number of benzene rings is 2. The van der Waals surface area contributed by atoms with E-state index in [1.807, 2.05) is 55.5 Å². The predicted octanol–water partition coefficient (Wildman–Crippen LogP) is 6.32. The molecule has 0 aliphatic carbocycles. The number of nitrogens with one attached hydrogen (secondary N) is 1. The first-order valence-corrected chi connectivity index (χ1v) is 11.8. The Kier molecular flexibility index (Phi) is 11.0. The Morgan fingerprint density at radius 3 is 2.36 bits per heavy atom. The molecule has 0 radical (unpaired) electrons. The van der Waals surface area contributed by atoms with E-state index >= 15 is 0 Å². The summed E-state index contributed by atoms with van der Waals surface area (Å²) in [5.41, 5.74) is 3.51. The number of hydrogen-bond acceptors (Lipinski definition) is 3. The number of unbranched alkanes of at least 4 members (excludes halogenated alkanes) is 4. The van der Waals surface area contributed by atoms with E-state index in [1.54, 1.807) is 11.9 Å². The van der Waals surface area contributed by atoms with Crippen molar-refractivity contribution in [2.24, 2.45) is 0 Å². The van der Waals surface area contributed by atoms with Gasteiger partial charge in [0, 0.05) is 19.3 Å². The van der Waals surface area contributed by atoms with Gasteiger partial charge in [-0.2, -0.15) is 0 Å². The standard InChI is InChI=1S/C27H36N2O4/c1-4-6-7-8-9-17-28-27(32)29(3)24-12-10-11-23(20-24)22-15-13-21(14-16-22)19-25(26(30)31)33-18-5-2/h10-16,19-20H,4-9,17-18H2,1-3H3,(H,28,32)(H,30,31)/b25-19-. The molecule has 0 bridgehead atoms. The molecule has 0 aliphatic heterocycles. The molecule has 6 nitrogen and oxygen atoms in total. The zero-order valence-corrected chi connectivity index (χ0v) is 20.0. The Labute approximate surface area is 197 Å². The summed E-state index contributed by atoms with van der Waals surface area (Å²) in [5.74, 6) is -1.15. The van der Waals surface area contributed by atoms with Crippen LogP contribution >= 0.6 is 0 Å². The zero-order chi connectivity index (χ0) is 24.1. The quantitative estimate of drug-likeness (QED) is 0.212. The molecule has 6 heteroatoms. The summed E-state index contributed by atoms with van der Waals surface area (Å²) in [6, 6.07) is 15.3. The third kappa shape index (κ3) is 8.64. The van der Waals surface area contributed by atoms with Gasteiger partial charge in [-0.05, 0) is 47.7 Å². The van der Waals surface area contributed by atoms with Crippen LogP contribution in [-0.2, 0) is 9.53 Å². The molecule has 0 aliphatic rings. The van der Waals surface area contributed by atoms with E-state index in [0.717, 1.165) is 41.6 Å². The molecule has 0 spiro atoms. The lowest BCUT2D eigenvalue weighted by molar-refractivity contribution is -0.136. The number of carboxylic acids is 1. The molecule has 0 saturated heterocycles. The number of anilines is 1. The van der Waals surface area contributed by atoms with Crippen LogP contribution in [0.5, 0.6) is 0 Å². The SMILES string of the molecule is CCCCCCCNC(=O)N(C)c1cccc(-c2ccc(/C=C(\OCCC)C(=O)O)cc2)c1. The van der Waals surface area contributed by atoms with Crippen LogP contribution in [0.2, 0.25) is 0 Å². The second kappa shape index (κ2) is 14.0. The van der Waals surface area contributed by atoms with Crippen LogP contribution in [0.1, 0.15) is 57.9 Å². The van der Waals surface area contributed by atoms with Gasteiger partial charge in [0.1, 0.15) is 0 Å². The van der Waals surface area contributed by atoms with E-state index in [4.69, 9.17) is 4.74 Å². The van der Waals surface area contributed by atoms with Crippen molar-refractivity contribution in [2.45, 2.75) is 52.4 Å². The number of carbonyl (C=O) groups excluding carboxylic acids is 1. The monoisotopic (exact) mass is 452 g/mol. The lowest BCUT2D eigenvalue weighted by atomic mass is 10.0. The Balaban J connectivity index is 2.03. The van der Waals surface area contributed by atoms with Gasteiger partial charge >= 0.3 is 12.0 Å². The van der Waals surface area contributed by atoms with E-state index in [-0.39, 0.29) is 11.8 Å². The van der Waals surface area contributed by atoms with Gasteiger partial charge in [0.05, 0.1) is 6.61 Å². The third-order valence-corrected chi connectivity index (χ3v) is 5.31. The first-order chi connectivity index (χ1) is 16.0. The Hall–Kier alpha value is -3.28. The summed E-state index contributed by atoms with van der Waals surface area (Å²) in [6.45, 7) is 5.16. The normalized spacial score (nSPS) is 11.2. The van der Waals surface area contributed by atoms with Crippen molar-refractivity contribution in [3.63, 3.8) is 0 Å². The number of nitrogens with zero attached hydrogens (tertiary/aromatic N) is 1. The number of ether oxygens (including phenoxy) is 1. The molecule has 0 atom stereocenters. The fraction of sp³-hybridized carbons (Fsp3) is 0.407. The topological polar surface area (TPSA) is 78.9 Å². The Morgan fingerprint density at radius 2 is 1.70 bits per heavy atom. The Morgan fingerprint density at radius 1 is 0.970 bits per heavy atom. The average Bonchev–Trinajstić information content (AvgIpc) is 2.83. The number of aliphatic carboxylic acids is 1. The zero-order valence-electron chi connectivity index (χ0n) is 20.0. The highest BCUT2D eigenvalue weighted by molar-refractivity contribution is 5.92. The maximum absolute atomic E-state index is 12.5. The minimum atomic E-state index is -1.08. The number of amides is 2. The molecule has 0 saturated carbocycles. The molecule has 0 fully saturated rings. The van der Waals surface area contributed by atoms with Crippen LogP contribution in [-0.4, -0.2) is 37.3 Å². The first kappa shape index (κ1) is 26.0. The highest BCUT2D eigenvalue weighted by Crippen LogP contribution is 2.25. The summed E-state index contributed by atoms with van der Waals surface area (Å²) in [4.78, 5) is 25.5. The maximum Gasteiger partial charge on any atom is 0.371 e. The average molecular weight is 453 g/mol. The summed E-state index contributed by atoms with van der Waals surface area (Å²) in [5, 5.41) is 12.3. The molecule has 2 amide bonds. The maximum atomic E-state index is 12.5. The molecule has 0 aromatic heterocycles. The number of urea groups is 1. The van der Waals surface area contributed by atoms with Crippen molar-refractivity contribution in [3.05, 3.63) is 59.9 Å². The fourth-order valence-corrected chi connectivity index (χ4v) is 3.35. The molecule has 0 heterocycles. The summed E-state index contributed by atoms with van der Waals surface area (Å²) >= 11 is 0. The molecular formula is C27H36N2O4. The van der Waals surface area contributed by atoms with Crippen molar-refractivity contribution in [2.75, 3.05) is 25.1 Å². The van der Waals surface area contributed by atoms with Crippen LogP contribution in [0.25, 0.3) is 17.2 Å². The predicted molar refractivity (Wildman–Crippen MR) is 134 cm³/mol. The number of rotatable bonds is 13. The second-order valence-corrected chi connectivity index (χ2v) is 8.04. The largest absolute Gasteiger partial charge is 0.487 e. The van der Waals surface area contributed by atoms with Crippen molar-refractivity contribution in [3.8, 4) is 11.1 Å². The van der Waals surface area contributed by atoms with Gasteiger partial charge in [0.25, 0.3) is 0 Å². The van der Waals surface area contributed by atoms with E-state index < -0.39 is 5.97 Å². The molecule has 2 aromatic carbocycles. The smallest absolute Gasteiger partial charge is 0.371 e. The first-order valence-electron chi connectivity index (χ1n) is 11.8. The van der Waals surface area contributed by atoms with Crippen molar-refractivity contribution < 1.29 is 19.4 Å². The number of hydrogen-bond donors (Lipinski definition) is 2. The van der Waals surface area contributed by atoms with Gasteiger partial charge in [-0.3, -0.25) is 4.90 Å². The fourth-order valence-electron chi connectivity index (χ4n) is 3.35. The van der Waals surface area contributed by atoms with Gasteiger partial charge in [-0.1, -0.05) is 75.9 Å². The molecular weight excluding hydrogens is 416 g/mol. The van der Waals surface area contributed by atoms with E-state index in [9.17, 15) is 14.7 Å². The van der Waals surface area contributed by atoms with Crippen LogP contribution in [0.4, 0.5) is 10.5 Å². The molecule has 2 aromatic rings. The minimum Gasteiger partial charge on any atom is -0.487 e. The lowest BCUT2D eigenvalue weighted by Crippen LogP contribution is -2.37. The molecule has 2 rings (SSSR count). The van der Waals surface area contributed by atoms with Gasteiger partial charge in [-0.15, -0.1) is 0 Å². The van der Waals surface area contributed by atoms with Crippen molar-refractivity contribution in [1.82, 2.24) is 5.32 Å². The van der Waals surface area contributed by atoms with Crippen LogP contribution in [0.15, 0.2) is 54.3 Å². The van der Waals surface area contributed by atoms with Crippen molar-refractivity contribution in [1.29, 1.82) is 0 Å². The molecule has 0 unspecified atom stereocenters. The van der Waals surface area contributed by atoms with Crippen LogP contribution < -0.4 is 10.2 Å². The highest BCUT2D eigenvalue weighted by Gasteiger charge is 2.12. The van der Waals surface area contributed by atoms with E-state index in [1.165, 1.54) is 25.3 Å². The Bertz CT molecular complexity index is 922. The van der Waals surface area contributed by atoms with Crippen LogP contribution in [0.3, 0.4) is 0 Å². The molecule has 2 N–H and O–H groups in total. The minimum absolute atomic E-state index is 0.0652. The second-order valence-electron chi connectivity index (χ2n) is 8.04. The van der Waals surface area contributed by atoms with Crippen molar-refractivity contribution >= 4 is 23.8 Å².